The summed E-state index contributed by atoms with van der Waals surface area (Å²) in [6, 6.07) is 24.7. The van der Waals surface area contributed by atoms with E-state index in [-0.39, 0.29) is 0 Å². The van der Waals surface area contributed by atoms with Crippen molar-refractivity contribution in [2.45, 2.75) is 6.54 Å². The van der Waals surface area contributed by atoms with Gasteiger partial charge in [0, 0.05) is 29.5 Å². The number of pyridine rings is 1. The Kier molecular flexibility index (Phi) is 3.88. The molecule has 0 saturated heterocycles. The van der Waals surface area contributed by atoms with E-state index >= 15 is 0 Å². The van der Waals surface area contributed by atoms with Crippen LogP contribution in [0.4, 0.5) is 0 Å². The minimum Gasteiger partial charge on any atom is -0.319 e. The predicted octanol–water partition coefficient (Wildman–Crippen LogP) is 5.95. The first-order valence-corrected chi connectivity index (χ1v) is 9.20. The molecule has 5 rings (SSSR count). The highest BCUT2D eigenvalue weighted by Gasteiger charge is 2.15. The van der Waals surface area contributed by atoms with Crippen molar-refractivity contribution < 1.29 is 0 Å². The van der Waals surface area contributed by atoms with Crippen LogP contribution in [-0.4, -0.2) is 14.5 Å². The molecule has 0 aliphatic heterocycles. The van der Waals surface area contributed by atoms with Crippen LogP contribution in [0.15, 0.2) is 85.2 Å². The van der Waals surface area contributed by atoms with Crippen LogP contribution < -0.4 is 0 Å². The molecule has 4 heteroatoms. The molecule has 0 aliphatic carbocycles. The van der Waals surface area contributed by atoms with Crippen LogP contribution >= 0.6 is 11.6 Å². The maximum Gasteiger partial charge on any atom is 0.142 e. The summed E-state index contributed by atoms with van der Waals surface area (Å²) < 4.78 is 2.23. The summed E-state index contributed by atoms with van der Waals surface area (Å²) in [5.41, 5.74) is 4.26. The van der Waals surface area contributed by atoms with Gasteiger partial charge in [0.15, 0.2) is 0 Å². The second-order valence-corrected chi connectivity index (χ2v) is 6.97. The Morgan fingerprint density at radius 1 is 0.852 bits per heavy atom. The zero-order chi connectivity index (χ0) is 18.2. The zero-order valence-corrected chi connectivity index (χ0v) is 15.3. The van der Waals surface area contributed by atoms with E-state index in [1.54, 1.807) is 0 Å². The standard InChI is InChI=1S/C23H16ClN3/c24-18-8-9-21-22(14-18)27(15-16-10-12-25-13-11-16)23(26-21)20-7-3-5-17-4-1-2-6-19(17)20/h1-14H,15H2. The summed E-state index contributed by atoms with van der Waals surface area (Å²) in [6.45, 7) is 0.706. The molecule has 0 unspecified atom stereocenters. The number of rotatable bonds is 3. The molecule has 3 aromatic carbocycles. The van der Waals surface area contributed by atoms with Gasteiger partial charge in [-0.15, -0.1) is 0 Å². The minimum absolute atomic E-state index is 0.706. The van der Waals surface area contributed by atoms with Crippen molar-refractivity contribution >= 4 is 33.4 Å². The molecule has 5 aromatic rings. The Balaban J connectivity index is 1.80. The molecule has 0 radical (unpaired) electrons. The zero-order valence-electron chi connectivity index (χ0n) is 14.5. The van der Waals surface area contributed by atoms with Crippen LogP contribution in [0.5, 0.6) is 0 Å². The van der Waals surface area contributed by atoms with Crippen molar-refractivity contribution in [3.05, 3.63) is 95.8 Å². The van der Waals surface area contributed by atoms with Crippen LogP contribution in [0.2, 0.25) is 5.02 Å². The van der Waals surface area contributed by atoms with Crippen molar-refractivity contribution in [2.24, 2.45) is 0 Å². The lowest BCUT2D eigenvalue weighted by molar-refractivity contribution is 0.833. The monoisotopic (exact) mass is 369 g/mol. The number of benzene rings is 3. The van der Waals surface area contributed by atoms with Gasteiger partial charge in [0.1, 0.15) is 5.82 Å². The molecule has 0 saturated carbocycles. The summed E-state index contributed by atoms with van der Waals surface area (Å²) in [5.74, 6) is 0.945. The number of hydrogen-bond acceptors (Lipinski definition) is 2. The number of imidazole rings is 1. The van der Waals surface area contributed by atoms with E-state index in [4.69, 9.17) is 16.6 Å². The maximum absolute atomic E-state index is 6.29. The van der Waals surface area contributed by atoms with E-state index < -0.39 is 0 Å². The largest absolute Gasteiger partial charge is 0.319 e. The van der Waals surface area contributed by atoms with Gasteiger partial charge in [-0.3, -0.25) is 4.98 Å². The van der Waals surface area contributed by atoms with Crippen molar-refractivity contribution in [3.8, 4) is 11.4 Å². The highest BCUT2D eigenvalue weighted by molar-refractivity contribution is 6.31. The van der Waals surface area contributed by atoms with E-state index in [0.717, 1.165) is 22.4 Å². The first kappa shape index (κ1) is 16.0. The molecule has 0 amide bonds. The van der Waals surface area contributed by atoms with E-state index in [1.165, 1.54) is 16.3 Å². The summed E-state index contributed by atoms with van der Waals surface area (Å²) >= 11 is 6.29. The highest BCUT2D eigenvalue weighted by Crippen LogP contribution is 2.32. The molecule has 2 heterocycles. The fourth-order valence-corrected chi connectivity index (χ4v) is 3.72. The predicted molar refractivity (Wildman–Crippen MR) is 111 cm³/mol. The van der Waals surface area contributed by atoms with Crippen molar-refractivity contribution in [2.75, 3.05) is 0 Å². The quantitative estimate of drug-likeness (QED) is 0.393. The van der Waals surface area contributed by atoms with Gasteiger partial charge in [0.05, 0.1) is 11.0 Å². The van der Waals surface area contributed by atoms with Gasteiger partial charge in [-0.2, -0.15) is 0 Å². The Morgan fingerprint density at radius 2 is 1.67 bits per heavy atom. The van der Waals surface area contributed by atoms with Gasteiger partial charge in [-0.25, -0.2) is 4.98 Å². The Bertz CT molecular complexity index is 1250. The van der Waals surface area contributed by atoms with Gasteiger partial charge >= 0.3 is 0 Å². The van der Waals surface area contributed by atoms with E-state index in [2.05, 4.69) is 52.0 Å². The lowest BCUT2D eigenvalue weighted by atomic mass is 10.0. The van der Waals surface area contributed by atoms with Gasteiger partial charge in [-0.1, -0.05) is 54.1 Å². The molecule has 0 aliphatic rings. The van der Waals surface area contributed by atoms with Gasteiger partial charge in [-0.05, 0) is 46.7 Å². The fraction of sp³-hybridized carbons (Fsp3) is 0.0435. The first-order chi connectivity index (χ1) is 13.3. The highest BCUT2D eigenvalue weighted by atomic mass is 35.5. The minimum atomic E-state index is 0.706. The van der Waals surface area contributed by atoms with E-state index in [9.17, 15) is 0 Å². The maximum atomic E-state index is 6.29. The number of fused-ring (bicyclic) bond motifs is 2. The second-order valence-electron chi connectivity index (χ2n) is 6.54. The molecular weight excluding hydrogens is 354 g/mol. The number of aromatic nitrogens is 3. The Labute approximate surface area is 161 Å². The topological polar surface area (TPSA) is 30.7 Å². The van der Waals surface area contributed by atoms with Crippen molar-refractivity contribution in [1.82, 2.24) is 14.5 Å². The second kappa shape index (κ2) is 6.53. The first-order valence-electron chi connectivity index (χ1n) is 8.82. The third-order valence-corrected chi connectivity index (χ3v) is 5.07. The average Bonchev–Trinajstić information content (AvgIpc) is 3.06. The number of halogens is 1. The summed E-state index contributed by atoms with van der Waals surface area (Å²) in [4.78, 5) is 9.09. The molecule has 0 spiro atoms. The average molecular weight is 370 g/mol. The van der Waals surface area contributed by atoms with Crippen molar-refractivity contribution in [3.63, 3.8) is 0 Å². The fourth-order valence-electron chi connectivity index (χ4n) is 3.55. The Hall–Kier alpha value is -3.17. The molecule has 0 fully saturated rings. The molecular formula is C23H16ClN3. The Morgan fingerprint density at radius 3 is 2.56 bits per heavy atom. The van der Waals surface area contributed by atoms with Crippen molar-refractivity contribution in [1.29, 1.82) is 0 Å². The molecule has 2 aromatic heterocycles. The van der Waals surface area contributed by atoms with Gasteiger partial charge < -0.3 is 4.57 Å². The van der Waals surface area contributed by atoms with Crippen LogP contribution in [-0.2, 0) is 6.54 Å². The number of hydrogen-bond donors (Lipinski definition) is 0. The number of nitrogens with zero attached hydrogens (tertiary/aromatic N) is 3. The van der Waals surface area contributed by atoms with E-state index in [0.29, 0.717) is 11.6 Å². The molecule has 0 bridgehead atoms. The van der Waals surface area contributed by atoms with E-state index in [1.807, 2.05) is 42.7 Å². The SMILES string of the molecule is Clc1ccc2nc(-c3cccc4ccccc34)n(Cc3ccncc3)c2c1. The van der Waals surface area contributed by atoms with Crippen LogP contribution in [0.25, 0.3) is 33.2 Å². The van der Waals surface area contributed by atoms with Crippen LogP contribution in [0.3, 0.4) is 0 Å². The van der Waals surface area contributed by atoms with Gasteiger partial charge in [0.25, 0.3) is 0 Å². The third kappa shape index (κ3) is 2.86. The summed E-state index contributed by atoms with van der Waals surface area (Å²) in [7, 11) is 0. The molecule has 27 heavy (non-hydrogen) atoms. The lowest BCUT2D eigenvalue weighted by Crippen LogP contribution is -2.02. The van der Waals surface area contributed by atoms with Crippen LogP contribution in [0.1, 0.15) is 5.56 Å². The molecule has 3 nitrogen and oxygen atoms in total. The van der Waals surface area contributed by atoms with Crippen LogP contribution in [0, 0.1) is 0 Å². The normalized spacial score (nSPS) is 11.3. The summed E-state index contributed by atoms with van der Waals surface area (Å²) in [5, 5.41) is 3.11. The smallest absolute Gasteiger partial charge is 0.142 e. The van der Waals surface area contributed by atoms with Gasteiger partial charge in [0.2, 0.25) is 0 Å². The summed E-state index contributed by atoms with van der Waals surface area (Å²) in [6.07, 6.45) is 3.64. The molecule has 0 N–H and O–H groups in total. The third-order valence-electron chi connectivity index (χ3n) is 4.83. The molecule has 130 valence electrons. The molecule has 0 atom stereocenters. The lowest BCUT2D eigenvalue weighted by Gasteiger charge is -2.11.